The predicted octanol–water partition coefficient (Wildman–Crippen LogP) is 5.12. The molecule has 0 radical (unpaired) electrons. The lowest BCUT2D eigenvalue weighted by Gasteiger charge is -2.22. The maximum absolute atomic E-state index is 6.56. The Morgan fingerprint density at radius 2 is 1.70 bits per heavy atom. The van der Waals surface area contributed by atoms with Gasteiger partial charge in [-0.05, 0) is 44.1 Å². The molecule has 20 heavy (non-hydrogen) atoms. The van der Waals surface area contributed by atoms with Crippen LogP contribution in [0.3, 0.4) is 0 Å². The number of alkyl halides is 1. The molecule has 0 saturated heterocycles. The van der Waals surface area contributed by atoms with Crippen molar-refractivity contribution < 1.29 is 0 Å². The summed E-state index contributed by atoms with van der Waals surface area (Å²) in [5.74, 6) is 0.633. The monoisotopic (exact) mass is 294 g/mol. The first-order valence-corrected chi connectivity index (χ1v) is 8.94. The van der Waals surface area contributed by atoms with Crippen LogP contribution in [-0.2, 0) is 6.42 Å². The molecule has 2 atom stereocenters. The second kappa shape index (κ2) is 6.98. The average molecular weight is 295 g/mol. The van der Waals surface area contributed by atoms with E-state index in [1.165, 1.54) is 69.9 Å². The fourth-order valence-corrected chi connectivity index (χ4v) is 4.24. The molecular formula is C17H27ClN2. The summed E-state index contributed by atoms with van der Waals surface area (Å²) >= 11 is 6.56. The lowest BCUT2D eigenvalue weighted by atomic mass is 9.94. The minimum atomic E-state index is 0.359. The maximum atomic E-state index is 6.56. The van der Waals surface area contributed by atoms with Gasteiger partial charge in [0.1, 0.15) is 0 Å². The molecule has 0 aromatic carbocycles. The summed E-state index contributed by atoms with van der Waals surface area (Å²) in [4.78, 5) is 0. The van der Waals surface area contributed by atoms with Crippen LogP contribution in [0.2, 0.25) is 0 Å². The Morgan fingerprint density at radius 3 is 2.50 bits per heavy atom. The first-order chi connectivity index (χ1) is 9.83. The van der Waals surface area contributed by atoms with Gasteiger partial charge in [-0.2, -0.15) is 5.10 Å². The Morgan fingerprint density at radius 1 is 1.00 bits per heavy atom. The lowest BCUT2D eigenvalue weighted by Crippen LogP contribution is -2.17. The van der Waals surface area contributed by atoms with E-state index in [4.69, 9.17) is 16.7 Å². The quantitative estimate of drug-likeness (QED) is 0.559. The highest BCUT2D eigenvalue weighted by molar-refractivity contribution is 6.20. The van der Waals surface area contributed by atoms with Crippen LogP contribution in [0.1, 0.15) is 75.9 Å². The number of aromatic nitrogens is 2. The lowest BCUT2D eigenvalue weighted by molar-refractivity contribution is 0.326. The van der Waals surface area contributed by atoms with Gasteiger partial charge in [0, 0.05) is 11.6 Å². The Labute approximate surface area is 127 Å². The third-order valence-electron chi connectivity index (χ3n) is 5.15. The van der Waals surface area contributed by atoms with Crippen molar-refractivity contribution in [2.75, 3.05) is 0 Å². The largest absolute Gasteiger partial charge is 0.269 e. The van der Waals surface area contributed by atoms with Gasteiger partial charge in [0.05, 0.1) is 11.7 Å². The molecule has 2 saturated carbocycles. The molecule has 2 unspecified atom stereocenters. The van der Waals surface area contributed by atoms with Gasteiger partial charge in [0.25, 0.3) is 0 Å². The Kier molecular flexibility index (Phi) is 5.04. The number of hydrogen-bond acceptors (Lipinski definition) is 1. The first kappa shape index (κ1) is 14.4. The highest BCUT2D eigenvalue weighted by Crippen LogP contribution is 2.31. The van der Waals surface area contributed by atoms with Gasteiger partial charge in [-0.3, -0.25) is 4.68 Å². The van der Waals surface area contributed by atoms with Crippen molar-refractivity contribution in [3.05, 3.63) is 18.0 Å². The highest BCUT2D eigenvalue weighted by atomic mass is 35.5. The summed E-state index contributed by atoms with van der Waals surface area (Å²) < 4.78 is 2.23. The number of nitrogens with zero attached hydrogens (tertiary/aromatic N) is 2. The van der Waals surface area contributed by atoms with Crippen LogP contribution < -0.4 is 0 Å². The molecule has 2 aliphatic carbocycles. The standard InChI is InChI=1S/C17H27ClN2/c18-17-10-6-1-3-7-14(17)13-15-11-12-20(19-15)16-8-4-2-5-9-16/h11-12,14,16-17H,1-10,13H2. The van der Waals surface area contributed by atoms with Crippen LogP contribution in [0.4, 0.5) is 0 Å². The number of hydrogen-bond donors (Lipinski definition) is 0. The summed E-state index contributed by atoms with van der Waals surface area (Å²) in [6.45, 7) is 0. The van der Waals surface area contributed by atoms with Crippen molar-refractivity contribution in [1.82, 2.24) is 9.78 Å². The molecule has 3 rings (SSSR count). The van der Waals surface area contributed by atoms with Crippen molar-refractivity contribution in [2.24, 2.45) is 5.92 Å². The van der Waals surface area contributed by atoms with E-state index in [1.54, 1.807) is 0 Å². The van der Waals surface area contributed by atoms with Crippen LogP contribution in [0, 0.1) is 5.92 Å². The van der Waals surface area contributed by atoms with Crippen molar-refractivity contribution in [3.63, 3.8) is 0 Å². The predicted molar refractivity (Wildman–Crippen MR) is 84.3 cm³/mol. The van der Waals surface area contributed by atoms with E-state index in [1.807, 2.05) is 0 Å². The molecule has 2 aliphatic rings. The smallest absolute Gasteiger partial charge is 0.0628 e. The molecule has 0 amide bonds. The van der Waals surface area contributed by atoms with Gasteiger partial charge < -0.3 is 0 Å². The van der Waals surface area contributed by atoms with E-state index >= 15 is 0 Å². The minimum Gasteiger partial charge on any atom is -0.269 e. The molecule has 1 heterocycles. The van der Waals surface area contributed by atoms with Gasteiger partial charge in [-0.25, -0.2) is 0 Å². The molecule has 1 aromatic heterocycles. The first-order valence-electron chi connectivity index (χ1n) is 8.51. The molecular weight excluding hydrogens is 268 g/mol. The summed E-state index contributed by atoms with van der Waals surface area (Å²) in [5.41, 5.74) is 1.26. The van der Waals surface area contributed by atoms with Gasteiger partial charge in [-0.1, -0.05) is 38.5 Å². The van der Waals surface area contributed by atoms with Crippen LogP contribution in [0.25, 0.3) is 0 Å². The molecule has 1 aromatic rings. The molecule has 0 bridgehead atoms. The van der Waals surface area contributed by atoms with Crippen molar-refractivity contribution in [1.29, 1.82) is 0 Å². The van der Waals surface area contributed by atoms with E-state index in [2.05, 4.69) is 16.9 Å². The number of halogens is 1. The highest BCUT2D eigenvalue weighted by Gasteiger charge is 2.23. The molecule has 112 valence electrons. The average Bonchev–Trinajstić information content (AvgIpc) is 2.86. The molecule has 3 heteroatoms. The van der Waals surface area contributed by atoms with Gasteiger partial charge in [0.15, 0.2) is 0 Å². The summed E-state index contributed by atoms with van der Waals surface area (Å²) in [5, 5.41) is 5.21. The van der Waals surface area contributed by atoms with Crippen molar-refractivity contribution in [3.8, 4) is 0 Å². The Hall–Kier alpha value is -0.500. The zero-order chi connectivity index (χ0) is 13.8. The van der Waals surface area contributed by atoms with Crippen molar-refractivity contribution >= 4 is 11.6 Å². The summed E-state index contributed by atoms with van der Waals surface area (Å²) in [7, 11) is 0. The van der Waals surface area contributed by atoms with Gasteiger partial charge in [0.2, 0.25) is 0 Å². The van der Waals surface area contributed by atoms with Gasteiger partial charge >= 0.3 is 0 Å². The van der Waals surface area contributed by atoms with Crippen LogP contribution in [0.5, 0.6) is 0 Å². The third-order valence-corrected chi connectivity index (χ3v) is 5.72. The fourth-order valence-electron chi connectivity index (χ4n) is 3.87. The summed E-state index contributed by atoms with van der Waals surface area (Å²) in [6, 6.07) is 2.88. The molecule has 0 N–H and O–H groups in total. The molecule has 0 aliphatic heterocycles. The van der Waals surface area contributed by atoms with E-state index in [0.29, 0.717) is 17.3 Å². The van der Waals surface area contributed by atoms with E-state index in [9.17, 15) is 0 Å². The van der Waals surface area contributed by atoms with Crippen LogP contribution in [0.15, 0.2) is 12.3 Å². The fraction of sp³-hybridized carbons (Fsp3) is 0.824. The topological polar surface area (TPSA) is 17.8 Å². The maximum Gasteiger partial charge on any atom is 0.0628 e. The molecule has 0 spiro atoms. The zero-order valence-corrected chi connectivity index (χ0v) is 13.2. The normalized spacial score (nSPS) is 29.2. The second-order valence-electron chi connectivity index (χ2n) is 6.70. The number of rotatable bonds is 3. The van der Waals surface area contributed by atoms with Crippen LogP contribution >= 0.6 is 11.6 Å². The van der Waals surface area contributed by atoms with Crippen LogP contribution in [-0.4, -0.2) is 15.2 Å². The van der Waals surface area contributed by atoms with E-state index < -0.39 is 0 Å². The van der Waals surface area contributed by atoms with Crippen molar-refractivity contribution in [2.45, 2.75) is 82.0 Å². The third kappa shape index (κ3) is 3.58. The van der Waals surface area contributed by atoms with E-state index in [-0.39, 0.29) is 0 Å². The zero-order valence-electron chi connectivity index (χ0n) is 12.4. The van der Waals surface area contributed by atoms with Gasteiger partial charge in [-0.15, -0.1) is 11.6 Å². The molecule has 2 fully saturated rings. The molecule has 2 nitrogen and oxygen atoms in total. The summed E-state index contributed by atoms with van der Waals surface area (Å²) in [6.07, 6.45) is 16.5. The Bertz CT molecular complexity index is 409. The second-order valence-corrected chi connectivity index (χ2v) is 7.26. The van der Waals surface area contributed by atoms with E-state index in [0.717, 1.165) is 6.42 Å². The minimum absolute atomic E-state index is 0.359. The SMILES string of the molecule is ClC1CCCCCC1Cc1ccn(C2CCCCC2)n1. The Balaban J connectivity index is 1.61.